The standard InChI is InChI=1S/C10H6N2O4/c1-16-10(15)5-2-3-6-7(4-5)12-9(14)8(13)11-6/h2-4H,1H3. The highest BCUT2D eigenvalue weighted by atomic mass is 16.5. The van der Waals surface area contributed by atoms with Crippen molar-refractivity contribution in [2.75, 3.05) is 7.11 Å². The second kappa shape index (κ2) is 3.65. The van der Waals surface area contributed by atoms with E-state index < -0.39 is 17.8 Å². The summed E-state index contributed by atoms with van der Waals surface area (Å²) in [6.07, 6.45) is 0. The molecule has 80 valence electrons. The smallest absolute Gasteiger partial charge is 0.338 e. The molecular formula is C10H6N2O4. The second-order valence-corrected chi connectivity index (χ2v) is 3.03. The maximum atomic E-state index is 11.2. The number of ether oxygens (including phenoxy) is 1. The maximum Gasteiger partial charge on any atom is 0.338 e. The molecule has 1 aliphatic heterocycles. The lowest BCUT2D eigenvalue weighted by Gasteiger charge is -2.00. The minimum atomic E-state index is -0.936. The summed E-state index contributed by atoms with van der Waals surface area (Å²) in [6.45, 7) is 0. The lowest BCUT2D eigenvalue weighted by atomic mass is 10.2. The van der Waals surface area contributed by atoms with Crippen LogP contribution in [0.3, 0.4) is 0 Å². The summed E-state index contributed by atoms with van der Waals surface area (Å²) in [5.74, 6) is -2.38. The predicted molar refractivity (Wildman–Crippen MR) is 50.1 cm³/mol. The number of fused-ring (bicyclic) bond motifs is 1. The highest BCUT2D eigenvalue weighted by Gasteiger charge is 2.16. The van der Waals surface area contributed by atoms with Gasteiger partial charge in [0.05, 0.1) is 23.4 Å². The van der Waals surface area contributed by atoms with E-state index in [0.717, 1.165) is 0 Å². The second-order valence-electron chi connectivity index (χ2n) is 3.03. The van der Waals surface area contributed by atoms with Gasteiger partial charge in [0.2, 0.25) is 0 Å². The molecule has 0 aliphatic carbocycles. The monoisotopic (exact) mass is 218 g/mol. The summed E-state index contributed by atoms with van der Waals surface area (Å²) in [5, 5.41) is 0.477. The van der Waals surface area contributed by atoms with Crippen LogP contribution in [-0.2, 0) is 14.3 Å². The molecule has 0 N–H and O–H groups in total. The van der Waals surface area contributed by atoms with Gasteiger partial charge in [-0.25, -0.2) is 14.8 Å². The molecule has 0 radical (unpaired) electrons. The zero-order valence-electron chi connectivity index (χ0n) is 8.26. The van der Waals surface area contributed by atoms with E-state index in [-0.39, 0.29) is 16.3 Å². The van der Waals surface area contributed by atoms with Crippen molar-refractivity contribution in [3.63, 3.8) is 0 Å². The van der Waals surface area contributed by atoms with Crippen LogP contribution in [0.25, 0.3) is 0 Å². The molecule has 0 saturated heterocycles. The van der Waals surface area contributed by atoms with Crippen LogP contribution in [0.4, 0.5) is 0 Å². The minimum absolute atomic E-state index is 0.201. The predicted octanol–water partition coefficient (Wildman–Crippen LogP) is -1.22. The number of carbonyl (C=O) groups excluding carboxylic acids is 3. The summed E-state index contributed by atoms with van der Waals surface area (Å²) in [6, 6.07) is 4.25. The topological polar surface area (TPSA) is 85.2 Å². The number of methoxy groups -OCH3 is 1. The summed E-state index contributed by atoms with van der Waals surface area (Å²) < 4.78 is 4.51. The highest BCUT2D eigenvalue weighted by molar-refractivity contribution is 6.36. The Hall–Kier alpha value is -2.37. The summed E-state index contributed by atoms with van der Waals surface area (Å²) in [4.78, 5) is 40.1. The zero-order valence-corrected chi connectivity index (χ0v) is 8.26. The van der Waals surface area contributed by atoms with Crippen LogP contribution in [0, 0.1) is 0 Å². The lowest BCUT2D eigenvalue weighted by Crippen LogP contribution is -2.35. The van der Waals surface area contributed by atoms with E-state index >= 15 is 0 Å². The van der Waals surface area contributed by atoms with E-state index in [1.165, 1.54) is 25.3 Å². The van der Waals surface area contributed by atoms with Crippen molar-refractivity contribution in [3.8, 4) is 0 Å². The van der Waals surface area contributed by atoms with Gasteiger partial charge < -0.3 is 4.74 Å². The molecule has 6 nitrogen and oxygen atoms in total. The van der Waals surface area contributed by atoms with Crippen LogP contribution >= 0.6 is 0 Å². The first-order valence-corrected chi connectivity index (χ1v) is 4.36. The van der Waals surface area contributed by atoms with Crippen LogP contribution in [-0.4, -0.2) is 24.9 Å². The van der Waals surface area contributed by atoms with Gasteiger partial charge >= 0.3 is 17.8 Å². The minimum Gasteiger partial charge on any atom is -0.465 e. The Bertz CT molecular complexity index is 618. The molecule has 2 rings (SSSR count). The Labute approximate surface area is 89.3 Å². The number of hydrogen-bond donors (Lipinski definition) is 0. The average Bonchev–Trinajstić information content (AvgIpc) is 2.29. The molecule has 1 aliphatic rings. The van der Waals surface area contributed by atoms with Gasteiger partial charge in [-0.2, -0.15) is 0 Å². The van der Waals surface area contributed by atoms with Gasteiger partial charge in [-0.1, -0.05) is 0 Å². The Kier molecular flexibility index (Phi) is 2.32. The Morgan fingerprint density at radius 2 is 1.75 bits per heavy atom. The van der Waals surface area contributed by atoms with Gasteiger partial charge in [0, 0.05) is 0 Å². The molecule has 16 heavy (non-hydrogen) atoms. The van der Waals surface area contributed by atoms with Crippen molar-refractivity contribution in [1.82, 2.24) is 0 Å². The zero-order chi connectivity index (χ0) is 11.7. The van der Waals surface area contributed by atoms with E-state index in [0.29, 0.717) is 0 Å². The van der Waals surface area contributed by atoms with Crippen molar-refractivity contribution in [1.29, 1.82) is 0 Å². The maximum absolute atomic E-state index is 11.2. The molecular weight excluding hydrogens is 212 g/mol. The van der Waals surface area contributed by atoms with Crippen molar-refractivity contribution < 1.29 is 19.1 Å². The van der Waals surface area contributed by atoms with Crippen LogP contribution in [0.5, 0.6) is 0 Å². The molecule has 0 fully saturated rings. The lowest BCUT2D eigenvalue weighted by molar-refractivity contribution is -0.135. The van der Waals surface area contributed by atoms with Crippen LogP contribution < -0.4 is 10.7 Å². The number of benzene rings is 1. The normalized spacial score (nSPS) is 13.6. The average molecular weight is 218 g/mol. The van der Waals surface area contributed by atoms with Crippen LogP contribution in [0.15, 0.2) is 28.2 Å². The van der Waals surface area contributed by atoms with Gasteiger partial charge in [0.1, 0.15) is 0 Å². The first kappa shape index (κ1) is 10.2. The number of esters is 1. The van der Waals surface area contributed by atoms with Crippen molar-refractivity contribution in [3.05, 3.63) is 34.5 Å². The fourth-order valence-electron chi connectivity index (χ4n) is 1.27. The van der Waals surface area contributed by atoms with E-state index in [1.807, 2.05) is 0 Å². The van der Waals surface area contributed by atoms with Crippen LogP contribution in [0.2, 0.25) is 0 Å². The van der Waals surface area contributed by atoms with Crippen molar-refractivity contribution in [2.24, 2.45) is 9.98 Å². The molecule has 0 unspecified atom stereocenters. The van der Waals surface area contributed by atoms with E-state index in [9.17, 15) is 14.4 Å². The van der Waals surface area contributed by atoms with Gasteiger partial charge in [-0.05, 0) is 18.2 Å². The number of hydrogen-bond acceptors (Lipinski definition) is 4. The molecule has 0 saturated carbocycles. The summed E-state index contributed by atoms with van der Waals surface area (Å²) in [7, 11) is 1.25. The molecule has 1 aromatic carbocycles. The molecule has 6 heteroatoms. The third-order valence-corrected chi connectivity index (χ3v) is 2.02. The molecule has 0 atom stereocenters. The fraction of sp³-hybridized carbons (Fsp3) is 0.100. The van der Waals surface area contributed by atoms with Gasteiger partial charge in [-0.15, -0.1) is 0 Å². The third kappa shape index (κ3) is 1.60. The van der Waals surface area contributed by atoms with Crippen LogP contribution in [0.1, 0.15) is 10.4 Å². The first-order valence-electron chi connectivity index (χ1n) is 4.36. The van der Waals surface area contributed by atoms with Gasteiger partial charge in [-0.3, -0.25) is 9.59 Å². The highest BCUT2D eigenvalue weighted by Crippen LogP contribution is 1.96. The molecule has 2 amide bonds. The van der Waals surface area contributed by atoms with E-state index in [1.54, 1.807) is 0 Å². The molecule has 0 aromatic heterocycles. The molecule has 1 heterocycles. The summed E-state index contributed by atoms with van der Waals surface area (Å²) >= 11 is 0. The van der Waals surface area contributed by atoms with E-state index in [4.69, 9.17) is 0 Å². The van der Waals surface area contributed by atoms with Gasteiger partial charge in [0.25, 0.3) is 0 Å². The van der Waals surface area contributed by atoms with E-state index in [2.05, 4.69) is 14.7 Å². The summed E-state index contributed by atoms with van der Waals surface area (Å²) in [5.41, 5.74) is 0.252. The largest absolute Gasteiger partial charge is 0.465 e. The third-order valence-electron chi connectivity index (χ3n) is 2.02. The molecule has 0 spiro atoms. The first-order chi connectivity index (χ1) is 7.61. The van der Waals surface area contributed by atoms with Gasteiger partial charge in [0.15, 0.2) is 0 Å². The van der Waals surface area contributed by atoms with Crippen molar-refractivity contribution in [2.45, 2.75) is 0 Å². The fourth-order valence-corrected chi connectivity index (χ4v) is 1.27. The van der Waals surface area contributed by atoms with Crippen molar-refractivity contribution >= 4 is 17.8 Å². The molecule has 0 bridgehead atoms. The molecule has 1 aromatic rings. The number of amides is 2. The SMILES string of the molecule is COC(=O)c1ccc2c(c1)=NC(=O)C(=O)N=2. The number of rotatable bonds is 1. The Balaban J connectivity index is 2.65. The Morgan fingerprint density at radius 1 is 1.12 bits per heavy atom. The number of nitrogens with zero attached hydrogens (tertiary/aromatic N) is 2. The Morgan fingerprint density at radius 3 is 2.38 bits per heavy atom. The quantitative estimate of drug-likeness (QED) is 0.436. The number of carbonyl (C=O) groups is 3.